The van der Waals surface area contributed by atoms with Crippen molar-refractivity contribution in [3.63, 3.8) is 0 Å². The molecule has 0 N–H and O–H groups in total. The van der Waals surface area contributed by atoms with Crippen molar-refractivity contribution in [1.82, 2.24) is 9.91 Å². The number of hydrogen-bond acceptors (Lipinski definition) is 6. The van der Waals surface area contributed by atoms with E-state index in [9.17, 15) is 9.59 Å². The molecular formula is C19H21N3O4. The van der Waals surface area contributed by atoms with Crippen molar-refractivity contribution in [1.29, 1.82) is 0 Å². The lowest BCUT2D eigenvalue weighted by Gasteiger charge is -2.25. The predicted molar refractivity (Wildman–Crippen MR) is 92.0 cm³/mol. The molecule has 4 aliphatic rings. The number of morpholine rings is 1. The Morgan fingerprint density at radius 3 is 2.46 bits per heavy atom. The van der Waals surface area contributed by atoms with Crippen molar-refractivity contribution in [3.8, 4) is 0 Å². The highest BCUT2D eigenvalue weighted by atomic mass is 16.5. The molecule has 7 heteroatoms. The zero-order valence-electron chi connectivity index (χ0n) is 14.4. The second-order valence-electron chi connectivity index (χ2n) is 7.43. The zero-order chi connectivity index (χ0) is 17.7. The Bertz CT molecular complexity index is 762. The number of imide groups is 1. The van der Waals surface area contributed by atoms with E-state index in [-0.39, 0.29) is 35.5 Å². The Morgan fingerprint density at radius 2 is 1.77 bits per heavy atom. The van der Waals surface area contributed by atoms with Crippen molar-refractivity contribution in [2.75, 3.05) is 26.3 Å². The highest BCUT2D eigenvalue weighted by molar-refractivity contribution is 6.06. The maximum atomic E-state index is 12.6. The predicted octanol–water partition coefficient (Wildman–Crippen LogP) is 1.25. The van der Waals surface area contributed by atoms with Gasteiger partial charge in [-0.25, -0.2) is 0 Å². The molecule has 1 aromatic rings. The molecule has 0 unspecified atom stereocenters. The lowest BCUT2D eigenvalue weighted by atomic mass is 9.85. The van der Waals surface area contributed by atoms with Crippen LogP contribution in [0.15, 0.2) is 33.8 Å². The van der Waals surface area contributed by atoms with Crippen molar-refractivity contribution in [2.24, 2.45) is 28.8 Å². The number of carbonyl (C=O) groups is 2. The van der Waals surface area contributed by atoms with Crippen molar-refractivity contribution in [3.05, 3.63) is 35.8 Å². The van der Waals surface area contributed by atoms with Crippen LogP contribution in [-0.4, -0.2) is 54.2 Å². The summed E-state index contributed by atoms with van der Waals surface area (Å²) in [4.78, 5) is 27.4. The molecular weight excluding hydrogens is 334 g/mol. The van der Waals surface area contributed by atoms with Crippen molar-refractivity contribution < 1.29 is 18.7 Å². The first-order valence-electron chi connectivity index (χ1n) is 9.19. The van der Waals surface area contributed by atoms with Crippen LogP contribution in [0, 0.1) is 23.7 Å². The lowest BCUT2D eigenvalue weighted by molar-refractivity contribution is -0.140. The van der Waals surface area contributed by atoms with E-state index < -0.39 is 0 Å². The third kappa shape index (κ3) is 2.54. The summed E-state index contributed by atoms with van der Waals surface area (Å²) in [7, 11) is 0. The molecule has 2 amide bonds. The number of fused-ring (bicyclic) bond motifs is 5. The quantitative estimate of drug-likeness (QED) is 0.462. The summed E-state index contributed by atoms with van der Waals surface area (Å²) in [6.07, 6.45) is 6.55. The minimum absolute atomic E-state index is 0.173. The fourth-order valence-corrected chi connectivity index (χ4v) is 4.64. The summed E-state index contributed by atoms with van der Waals surface area (Å²) in [6, 6.07) is 3.72. The van der Waals surface area contributed by atoms with E-state index in [1.165, 1.54) is 6.21 Å². The van der Waals surface area contributed by atoms with Crippen LogP contribution in [0.4, 0.5) is 0 Å². The van der Waals surface area contributed by atoms with E-state index in [4.69, 9.17) is 9.15 Å². The summed E-state index contributed by atoms with van der Waals surface area (Å²) < 4.78 is 11.1. The van der Waals surface area contributed by atoms with Gasteiger partial charge in [-0.15, -0.1) is 0 Å². The van der Waals surface area contributed by atoms with Gasteiger partial charge in [0.05, 0.1) is 37.8 Å². The largest absolute Gasteiger partial charge is 0.459 e. The van der Waals surface area contributed by atoms with Crippen LogP contribution in [0.2, 0.25) is 0 Å². The number of hydrogen-bond donors (Lipinski definition) is 0. The van der Waals surface area contributed by atoms with Gasteiger partial charge in [0.15, 0.2) is 0 Å². The fourth-order valence-electron chi connectivity index (χ4n) is 4.64. The van der Waals surface area contributed by atoms with Gasteiger partial charge in [0.1, 0.15) is 11.5 Å². The minimum atomic E-state index is -0.219. The zero-order valence-corrected chi connectivity index (χ0v) is 14.4. The second-order valence-corrected chi connectivity index (χ2v) is 7.43. The molecule has 0 radical (unpaired) electrons. The van der Waals surface area contributed by atoms with Crippen LogP contribution < -0.4 is 0 Å². The number of allylic oxidation sites excluding steroid dienone is 2. The molecule has 0 spiro atoms. The van der Waals surface area contributed by atoms with Crippen molar-refractivity contribution in [2.45, 2.75) is 13.0 Å². The number of nitrogens with zero attached hydrogens (tertiary/aromatic N) is 3. The summed E-state index contributed by atoms with van der Waals surface area (Å²) in [6.45, 7) is 3.98. The van der Waals surface area contributed by atoms with E-state index in [0.717, 1.165) is 50.0 Å². The van der Waals surface area contributed by atoms with Crippen LogP contribution >= 0.6 is 0 Å². The standard InChI is InChI=1S/C19H21N3O4/c23-18-16-12-1-2-13(9-12)17(16)19(24)22(18)20-10-14-3-4-15(26-14)11-21-5-7-25-8-6-21/h1-4,10,12-13,16-17H,5-9,11H2/b20-10-/t12-,13+,16-,17-/m0/s1. The Balaban J connectivity index is 1.26. The van der Waals surface area contributed by atoms with Gasteiger partial charge in [-0.2, -0.15) is 10.1 Å². The van der Waals surface area contributed by atoms with Crippen LogP contribution in [-0.2, 0) is 20.9 Å². The molecule has 3 fully saturated rings. The van der Waals surface area contributed by atoms with Gasteiger partial charge < -0.3 is 9.15 Å². The molecule has 26 heavy (non-hydrogen) atoms. The number of amides is 2. The van der Waals surface area contributed by atoms with E-state index in [0.29, 0.717) is 5.76 Å². The maximum absolute atomic E-state index is 12.6. The third-order valence-electron chi connectivity index (χ3n) is 5.91. The molecule has 2 aliphatic heterocycles. The van der Waals surface area contributed by atoms with E-state index in [1.54, 1.807) is 0 Å². The molecule has 1 saturated carbocycles. The average molecular weight is 355 g/mol. The van der Waals surface area contributed by atoms with Gasteiger partial charge in [-0.1, -0.05) is 12.2 Å². The molecule has 5 rings (SSSR count). The van der Waals surface area contributed by atoms with E-state index in [1.807, 2.05) is 12.1 Å². The maximum Gasteiger partial charge on any atom is 0.254 e. The average Bonchev–Trinajstić information content (AvgIpc) is 3.41. The number of carbonyl (C=O) groups excluding carboxylic acids is 2. The summed E-state index contributed by atoms with van der Waals surface area (Å²) in [5, 5.41) is 5.20. The first kappa shape index (κ1) is 16.0. The molecule has 1 aromatic heterocycles. The van der Waals surface area contributed by atoms with Gasteiger partial charge in [0.25, 0.3) is 11.8 Å². The van der Waals surface area contributed by atoms with Crippen LogP contribution in [0.3, 0.4) is 0 Å². The topological polar surface area (TPSA) is 75.4 Å². The normalized spacial score (nSPS) is 33.8. The number of rotatable bonds is 4. The van der Waals surface area contributed by atoms with Gasteiger partial charge in [0.2, 0.25) is 0 Å². The first-order valence-corrected chi connectivity index (χ1v) is 9.19. The highest BCUT2D eigenvalue weighted by Gasteiger charge is 2.59. The highest BCUT2D eigenvalue weighted by Crippen LogP contribution is 2.52. The molecule has 7 nitrogen and oxygen atoms in total. The lowest BCUT2D eigenvalue weighted by Crippen LogP contribution is -2.35. The molecule has 136 valence electrons. The van der Waals surface area contributed by atoms with E-state index >= 15 is 0 Å². The van der Waals surface area contributed by atoms with Gasteiger partial charge in [-0.05, 0) is 30.4 Å². The third-order valence-corrected chi connectivity index (χ3v) is 5.91. The molecule has 0 aromatic carbocycles. The van der Waals surface area contributed by atoms with Gasteiger partial charge in [-0.3, -0.25) is 14.5 Å². The Morgan fingerprint density at radius 1 is 1.08 bits per heavy atom. The summed E-state index contributed by atoms with van der Waals surface area (Å²) in [5.41, 5.74) is 0. The van der Waals surface area contributed by atoms with Crippen LogP contribution in [0.5, 0.6) is 0 Å². The summed E-state index contributed by atoms with van der Waals surface area (Å²) >= 11 is 0. The van der Waals surface area contributed by atoms with E-state index in [2.05, 4.69) is 22.2 Å². The smallest absolute Gasteiger partial charge is 0.254 e. The number of furan rings is 1. The Kier molecular flexibility index (Phi) is 3.79. The first-order chi connectivity index (χ1) is 12.7. The second kappa shape index (κ2) is 6.17. The van der Waals surface area contributed by atoms with Crippen LogP contribution in [0.25, 0.3) is 0 Å². The van der Waals surface area contributed by atoms with Gasteiger partial charge >= 0.3 is 0 Å². The molecule has 2 bridgehead atoms. The molecule has 4 atom stereocenters. The minimum Gasteiger partial charge on any atom is -0.459 e. The molecule has 2 saturated heterocycles. The number of hydrazone groups is 1. The van der Waals surface area contributed by atoms with Gasteiger partial charge in [0, 0.05) is 13.1 Å². The Labute approximate surface area is 151 Å². The van der Waals surface area contributed by atoms with Crippen LogP contribution in [0.1, 0.15) is 17.9 Å². The Hall–Kier alpha value is -2.25. The van der Waals surface area contributed by atoms with Crippen molar-refractivity contribution >= 4 is 18.0 Å². The number of ether oxygens (including phenoxy) is 1. The fraction of sp³-hybridized carbons (Fsp3) is 0.526. The molecule has 2 aliphatic carbocycles. The monoisotopic (exact) mass is 355 g/mol. The SMILES string of the molecule is O=C1[C@@H]2[C@@H](C(=O)N1/N=C\c1ccc(CN3CCOCC3)o1)[C@H]1C=C[C@@H]2C1. The molecule has 3 heterocycles. The summed E-state index contributed by atoms with van der Waals surface area (Å²) in [5.74, 6) is 1.00.